The lowest BCUT2D eigenvalue weighted by Gasteiger charge is -2.24. The van der Waals surface area contributed by atoms with Crippen molar-refractivity contribution in [3.63, 3.8) is 0 Å². The normalized spacial score (nSPS) is 19.2. The Labute approximate surface area is 109 Å². The maximum absolute atomic E-state index is 13.1. The summed E-state index contributed by atoms with van der Waals surface area (Å²) in [7, 11) is 0. The van der Waals surface area contributed by atoms with Crippen molar-refractivity contribution >= 4 is 15.9 Å². The van der Waals surface area contributed by atoms with Gasteiger partial charge in [0.15, 0.2) is 0 Å². The van der Waals surface area contributed by atoms with Crippen molar-refractivity contribution in [3.05, 3.63) is 34.1 Å². The van der Waals surface area contributed by atoms with Crippen LogP contribution >= 0.6 is 15.9 Å². The van der Waals surface area contributed by atoms with Gasteiger partial charge in [0.2, 0.25) is 0 Å². The molecule has 1 heterocycles. The van der Waals surface area contributed by atoms with Crippen LogP contribution in [0.5, 0.6) is 0 Å². The summed E-state index contributed by atoms with van der Waals surface area (Å²) >= 11 is 3.13. The average Bonchev–Trinajstić information content (AvgIpc) is 2.34. The Kier molecular flexibility index (Phi) is 4.54. The highest BCUT2D eigenvalue weighted by molar-refractivity contribution is 9.10. The summed E-state index contributed by atoms with van der Waals surface area (Å²) in [6, 6.07) is 4.68. The number of aliphatic hydroxyl groups excluding tert-OH is 1. The number of hydrogen-bond donors (Lipinski definition) is 1. The fourth-order valence-electron chi connectivity index (χ4n) is 2.15. The molecule has 1 atom stereocenters. The van der Waals surface area contributed by atoms with E-state index in [9.17, 15) is 9.50 Å². The predicted molar refractivity (Wildman–Crippen MR) is 67.2 cm³/mol. The summed E-state index contributed by atoms with van der Waals surface area (Å²) < 4.78 is 18.8. The first-order valence-corrected chi connectivity index (χ1v) is 6.67. The molecule has 0 radical (unpaired) electrons. The number of rotatable bonds is 3. The topological polar surface area (TPSA) is 29.5 Å². The molecule has 1 aliphatic heterocycles. The first kappa shape index (κ1) is 13.0. The molecule has 1 N–H and O–H groups in total. The summed E-state index contributed by atoms with van der Waals surface area (Å²) in [4.78, 5) is 0. The molecule has 0 spiro atoms. The molecule has 2 rings (SSSR count). The summed E-state index contributed by atoms with van der Waals surface area (Å²) in [6.45, 7) is 1.56. The lowest BCUT2D eigenvalue weighted by atomic mass is 9.91. The van der Waals surface area contributed by atoms with Crippen LogP contribution in [0.2, 0.25) is 0 Å². The number of benzene rings is 1. The lowest BCUT2D eigenvalue weighted by molar-refractivity contribution is 0.0435. The second kappa shape index (κ2) is 5.94. The van der Waals surface area contributed by atoms with Crippen LogP contribution in [0.4, 0.5) is 4.39 Å². The van der Waals surface area contributed by atoms with Gasteiger partial charge in [-0.15, -0.1) is 0 Å². The van der Waals surface area contributed by atoms with E-state index < -0.39 is 6.10 Å². The molecule has 1 aliphatic rings. The molecule has 2 nitrogen and oxygen atoms in total. The van der Waals surface area contributed by atoms with E-state index in [2.05, 4.69) is 15.9 Å². The van der Waals surface area contributed by atoms with Gasteiger partial charge in [0, 0.05) is 13.2 Å². The summed E-state index contributed by atoms with van der Waals surface area (Å²) in [6.07, 6.45) is 2.20. The molecule has 1 aromatic carbocycles. The van der Waals surface area contributed by atoms with Gasteiger partial charge in [-0.05, 0) is 58.8 Å². The van der Waals surface area contributed by atoms with Crippen molar-refractivity contribution < 1.29 is 14.2 Å². The minimum atomic E-state index is -0.519. The molecule has 1 unspecified atom stereocenters. The molecule has 0 saturated carbocycles. The monoisotopic (exact) mass is 302 g/mol. The van der Waals surface area contributed by atoms with Gasteiger partial charge in [0.05, 0.1) is 10.6 Å². The van der Waals surface area contributed by atoms with Crippen LogP contribution in [0.1, 0.15) is 30.9 Å². The highest BCUT2D eigenvalue weighted by atomic mass is 79.9. The van der Waals surface area contributed by atoms with Crippen molar-refractivity contribution in [2.45, 2.75) is 25.4 Å². The number of aliphatic hydroxyl groups is 1. The highest BCUT2D eigenvalue weighted by Gasteiger charge is 2.19. The molecule has 1 saturated heterocycles. The SMILES string of the molecule is OC(CC1CCOCC1)c1ccc(F)c(Br)c1. The Morgan fingerprint density at radius 2 is 2.12 bits per heavy atom. The van der Waals surface area contributed by atoms with Crippen LogP contribution in [0.3, 0.4) is 0 Å². The first-order chi connectivity index (χ1) is 8.16. The Hall–Kier alpha value is -0.450. The third-order valence-electron chi connectivity index (χ3n) is 3.23. The number of ether oxygens (including phenoxy) is 1. The van der Waals surface area contributed by atoms with Crippen molar-refractivity contribution in [3.8, 4) is 0 Å². The van der Waals surface area contributed by atoms with Crippen molar-refractivity contribution in [2.75, 3.05) is 13.2 Å². The van der Waals surface area contributed by atoms with E-state index in [1.807, 2.05) is 0 Å². The predicted octanol–water partition coefficient (Wildman–Crippen LogP) is 3.44. The second-order valence-electron chi connectivity index (χ2n) is 4.48. The van der Waals surface area contributed by atoms with Crippen LogP contribution in [-0.2, 0) is 4.74 Å². The fourth-order valence-corrected chi connectivity index (χ4v) is 2.55. The van der Waals surface area contributed by atoms with Crippen LogP contribution in [-0.4, -0.2) is 18.3 Å². The smallest absolute Gasteiger partial charge is 0.137 e. The molecule has 0 bridgehead atoms. The van der Waals surface area contributed by atoms with E-state index in [0.717, 1.165) is 38.0 Å². The van der Waals surface area contributed by atoms with Gasteiger partial charge in [-0.25, -0.2) is 4.39 Å². The van der Waals surface area contributed by atoms with Gasteiger partial charge in [-0.1, -0.05) is 6.07 Å². The minimum absolute atomic E-state index is 0.299. The molecule has 94 valence electrons. The van der Waals surface area contributed by atoms with Gasteiger partial charge >= 0.3 is 0 Å². The maximum Gasteiger partial charge on any atom is 0.137 e. The fraction of sp³-hybridized carbons (Fsp3) is 0.538. The zero-order valence-corrected chi connectivity index (χ0v) is 11.1. The standard InChI is InChI=1S/C13H16BrFO2/c14-11-8-10(1-2-12(11)15)13(16)7-9-3-5-17-6-4-9/h1-2,8-9,13,16H,3-7H2. The Bertz CT molecular complexity index is 378. The van der Waals surface area contributed by atoms with Crippen molar-refractivity contribution in [2.24, 2.45) is 5.92 Å². The third kappa shape index (κ3) is 3.50. The molecule has 1 fully saturated rings. The highest BCUT2D eigenvalue weighted by Crippen LogP contribution is 2.29. The second-order valence-corrected chi connectivity index (χ2v) is 5.34. The average molecular weight is 303 g/mol. The molecule has 0 aromatic heterocycles. The quantitative estimate of drug-likeness (QED) is 0.927. The van der Waals surface area contributed by atoms with Crippen LogP contribution in [0.25, 0.3) is 0 Å². The minimum Gasteiger partial charge on any atom is -0.388 e. The number of halogens is 2. The van der Waals surface area contributed by atoms with Gasteiger partial charge in [0.25, 0.3) is 0 Å². The molecule has 0 aliphatic carbocycles. The van der Waals surface area contributed by atoms with Gasteiger partial charge in [-0.2, -0.15) is 0 Å². The molecular weight excluding hydrogens is 287 g/mol. The van der Waals surface area contributed by atoms with E-state index in [1.165, 1.54) is 6.07 Å². The van der Waals surface area contributed by atoms with Crippen molar-refractivity contribution in [1.29, 1.82) is 0 Å². The van der Waals surface area contributed by atoms with E-state index in [4.69, 9.17) is 4.74 Å². The van der Waals surface area contributed by atoms with E-state index in [0.29, 0.717) is 10.4 Å². The van der Waals surface area contributed by atoms with Crippen LogP contribution in [0, 0.1) is 11.7 Å². The van der Waals surface area contributed by atoms with Gasteiger partial charge in [-0.3, -0.25) is 0 Å². The van der Waals surface area contributed by atoms with E-state index in [1.54, 1.807) is 12.1 Å². The molecule has 4 heteroatoms. The lowest BCUT2D eigenvalue weighted by Crippen LogP contribution is -2.18. The van der Waals surface area contributed by atoms with Crippen LogP contribution < -0.4 is 0 Å². The molecule has 1 aromatic rings. The summed E-state index contributed by atoms with van der Waals surface area (Å²) in [5, 5.41) is 10.1. The number of hydrogen-bond acceptors (Lipinski definition) is 2. The van der Waals surface area contributed by atoms with Gasteiger partial charge < -0.3 is 9.84 Å². The van der Waals surface area contributed by atoms with Gasteiger partial charge in [0.1, 0.15) is 5.82 Å². The largest absolute Gasteiger partial charge is 0.388 e. The third-order valence-corrected chi connectivity index (χ3v) is 3.83. The zero-order valence-electron chi connectivity index (χ0n) is 9.53. The van der Waals surface area contributed by atoms with Crippen LogP contribution in [0.15, 0.2) is 22.7 Å². The van der Waals surface area contributed by atoms with E-state index >= 15 is 0 Å². The Morgan fingerprint density at radius 1 is 1.41 bits per heavy atom. The zero-order chi connectivity index (χ0) is 12.3. The Morgan fingerprint density at radius 3 is 2.76 bits per heavy atom. The molecule has 17 heavy (non-hydrogen) atoms. The van der Waals surface area contributed by atoms with E-state index in [-0.39, 0.29) is 5.82 Å². The molecular formula is C13H16BrFO2. The first-order valence-electron chi connectivity index (χ1n) is 5.87. The summed E-state index contributed by atoms with van der Waals surface area (Å²) in [5.74, 6) is 0.203. The maximum atomic E-state index is 13.1. The molecule has 0 amide bonds. The van der Waals surface area contributed by atoms with Crippen molar-refractivity contribution in [1.82, 2.24) is 0 Å². The summed E-state index contributed by atoms with van der Waals surface area (Å²) in [5.41, 5.74) is 0.768. The Balaban J connectivity index is 1.98.